The van der Waals surface area contributed by atoms with Crippen LogP contribution in [0.2, 0.25) is 5.02 Å². The van der Waals surface area contributed by atoms with Crippen molar-refractivity contribution in [2.45, 2.75) is 19.5 Å². The van der Waals surface area contributed by atoms with E-state index in [1.165, 1.54) is 0 Å². The molecule has 5 heteroatoms. The van der Waals surface area contributed by atoms with Gasteiger partial charge in [0.25, 0.3) is 0 Å². The van der Waals surface area contributed by atoms with Crippen LogP contribution in [0.3, 0.4) is 0 Å². The van der Waals surface area contributed by atoms with Crippen LogP contribution in [-0.4, -0.2) is 11.8 Å². The molecule has 0 unspecified atom stereocenters. The van der Waals surface area contributed by atoms with E-state index in [9.17, 15) is 9.59 Å². The quantitative estimate of drug-likeness (QED) is 0.852. The second-order valence-electron chi connectivity index (χ2n) is 4.91. The molecule has 114 valence electrons. The van der Waals surface area contributed by atoms with Gasteiger partial charge >= 0.3 is 11.8 Å². The summed E-state index contributed by atoms with van der Waals surface area (Å²) in [6.45, 7) is 2.11. The number of amides is 2. The predicted octanol–water partition coefficient (Wildman–Crippen LogP) is 2.83. The summed E-state index contributed by atoms with van der Waals surface area (Å²) >= 11 is 5.79. The van der Waals surface area contributed by atoms with Gasteiger partial charge in [-0.1, -0.05) is 54.1 Å². The highest BCUT2D eigenvalue weighted by molar-refractivity contribution is 6.35. The second-order valence-corrected chi connectivity index (χ2v) is 5.35. The Kier molecular flexibility index (Phi) is 5.55. The van der Waals surface area contributed by atoms with Crippen molar-refractivity contribution in [1.82, 2.24) is 10.6 Å². The van der Waals surface area contributed by atoms with Crippen LogP contribution in [0.25, 0.3) is 0 Å². The van der Waals surface area contributed by atoms with E-state index in [0.29, 0.717) is 5.02 Å². The lowest BCUT2D eigenvalue weighted by atomic mass is 10.1. The third kappa shape index (κ3) is 4.60. The summed E-state index contributed by atoms with van der Waals surface area (Å²) in [5, 5.41) is 5.88. The van der Waals surface area contributed by atoms with Crippen LogP contribution in [0, 0.1) is 0 Å². The van der Waals surface area contributed by atoms with Gasteiger partial charge < -0.3 is 10.6 Å². The Morgan fingerprint density at radius 1 is 1.00 bits per heavy atom. The molecule has 0 aliphatic rings. The summed E-state index contributed by atoms with van der Waals surface area (Å²) in [4.78, 5) is 23.7. The van der Waals surface area contributed by atoms with E-state index < -0.39 is 11.8 Å². The van der Waals surface area contributed by atoms with Crippen LogP contribution in [0.15, 0.2) is 54.6 Å². The van der Waals surface area contributed by atoms with Gasteiger partial charge in [0.2, 0.25) is 0 Å². The lowest BCUT2D eigenvalue weighted by Crippen LogP contribution is -2.40. The van der Waals surface area contributed by atoms with Gasteiger partial charge in [-0.05, 0) is 30.2 Å². The number of halogens is 1. The van der Waals surface area contributed by atoms with Crippen molar-refractivity contribution in [2.24, 2.45) is 0 Å². The van der Waals surface area contributed by atoms with E-state index in [2.05, 4.69) is 10.6 Å². The molecule has 2 amide bonds. The molecule has 0 bridgehead atoms. The van der Waals surface area contributed by atoms with Gasteiger partial charge in [0.05, 0.1) is 6.04 Å². The molecule has 2 rings (SSSR count). The van der Waals surface area contributed by atoms with Crippen LogP contribution in [0.1, 0.15) is 24.1 Å². The molecule has 2 N–H and O–H groups in total. The van der Waals surface area contributed by atoms with Crippen LogP contribution in [0.4, 0.5) is 0 Å². The van der Waals surface area contributed by atoms with E-state index in [-0.39, 0.29) is 12.6 Å². The Morgan fingerprint density at radius 3 is 2.27 bits per heavy atom. The predicted molar refractivity (Wildman–Crippen MR) is 86.3 cm³/mol. The molecule has 0 fully saturated rings. The van der Waals surface area contributed by atoms with Crippen molar-refractivity contribution >= 4 is 23.4 Å². The van der Waals surface area contributed by atoms with Crippen molar-refractivity contribution < 1.29 is 9.59 Å². The summed E-state index contributed by atoms with van der Waals surface area (Å²) in [5.41, 5.74) is 1.82. The molecule has 2 aromatic carbocycles. The lowest BCUT2D eigenvalue weighted by Gasteiger charge is -2.14. The molecule has 0 aromatic heterocycles. The van der Waals surface area contributed by atoms with Gasteiger partial charge in [0, 0.05) is 11.6 Å². The number of hydrogen-bond acceptors (Lipinski definition) is 2. The van der Waals surface area contributed by atoms with Crippen LogP contribution in [0.5, 0.6) is 0 Å². The van der Waals surface area contributed by atoms with Crippen LogP contribution < -0.4 is 10.6 Å². The van der Waals surface area contributed by atoms with Crippen molar-refractivity contribution in [3.63, 3.8) is 0 Å². The van der Waals surface area contributed by atoms with E-state index in [1.54, 1.807) is 24.3 Å². The maximum absolute atomic E-state index is 11.9. The Labute approximate surface area is 134 Å². The number of rotatable bonds is 4. The van der Waals surface area contributed by atoms with Crippen molar-refractivity contribution in [2.75, 3.05) is 0 Å². The molecule has 4 nitrogen and oxygen atoms in total. The first kappa shape index (κ1) is 16.0. The molecule has 0 heterocycles. The maximum Gasteiger partial charge on any atom is 0.309 e. The Morgan fingerprint density at radius 2 is 1.64 bits per heavy atom. The fourth-order valence-corrected chi connectivity index (χ4v) is 2.08. The Balaban J connectivity index is 1.84. The normalized spacial score (nSPS) is 11.5. The topological polar surface area (TPSA) is 58.2 Å². The standard InChI is InChI=1S/C17H17ClN2O2/c1-12(14-5-3-2-4-6-14)20-17(22)16(21)19-11-13-7-9-15(18)10-8-13/h2-10,12H,11H2,1H3,(H,19,21)(H,20,22)/t12-/m1/s1. The number of benzene rings is 2. The minimum absolute atomic E-state index is 0.227. The van der Waals surface area contributed by atoms with Crippen LogP contribution >= 0.6 is 11.6 Å². The van der Waals surface area contributed by atoms with E-state index in [0.717, 1.165) is 11.1 Å². The summed E-state index contributed by atoms with van der Waals surface area (Å²) in [7, 11) is 0. The highest BCUT2D eigenvalue weighted by atomic mass is 35.5. The molecule has 0 saturated heterocycles. The first-order chi connectivity index (χ1) is 10.6. The van der Waals surface area contributed by atoms with Gasteiger partial charge in [0.1, 0.15) is 0 Å². The molecule has 0 radical (unpaired) electrons. The third-order valence-electron chi connectivity index (χ3n) is 3.22. The minimum atomic E-state index is -0.655. The highest BCUT2D eigenvalue weighted by Crippen LogP contribution is 2.11. The summed E-state index contributed by atoms with van der Waals surface area (Å²) in [6, 6.07) is 16.3. The zero-order valence-electron chi connectivity index (χ0n) is 12.2. The lowest BCUT2D eigenvalue weighted by molar-refractivity contribution is -0.139. The van der Waals surface area contributed by atoms with Crippen molar-refractivity contribution in [1.29, 1.82) is 0 Å². The zero-order chi connectivity index (χ0) is 15.9. The molecule has 0 aliphatic carbocycles. The molecule has 22 heavy (non-hydrogen) atoms. The van der Waals surface area contributed by atoms with Gasteiger partial charge in [-0.15, -0.1) is 0 Å². The minimum Gasteiger partial charge on any atom is -0.344 e. The molecule has 2 aromatic rings. The Bertz CT molecular complexity index is 641. The third-order valence-corrected chi connectivity index (χ3v) is 3.47. The second kappa shape index (κ2) is 7.61. The van der Waals surface area contributed by atoms with E-state index in [4.69, 9.17) is 11.6 Å². The maximum atomic E-state index is 11.9. The summed E-state index contributed by atoms with van der Waals surface area (Å²) in [6.07, 6.45) is 0. The zero-order valence-corrected chi connectivity index (χ0v) is 12.9. The number of carbonyl (C=O) groups excluding carboxylic acids is 2. The molecule has 0 spiro atoms. The first-order valence-electron chi connectivity index (χ1n) is 6.94. The summed E-state index contributed by atoms with van der Waals surface area (Å²) in [5.74, 6) is -1.30. The number of hydrogen-bond donors (Lipinski definition) is 2. The number of carbonyl (C=O) groups is 2. The van der Waals surface area contributed by atoms with E-state index >= 15 is 0 Å². The smallest absolute Gasteiger partial charge is 0.309 e. The van der Waals surface area contributed by atoms with Crippen molar-refractivity contribution in [3.05, 3.63) is 70.7 Å². The fraction of sp³-hybridized carbons (Fsp3) is 0.176. The number of nitrogens with one attached hydrogen (secondary N) is 2. The average Bonchev–Trinajstić information content (AvgIpc) is 2.54. The molecular formula is C17H17ClN2O2. The van der Waals surface area contributed by atoms with E-state index in [1.807, 2.05) is 37.3 Å². The Hall–Kier alpha value is -2.33. The fourth-order valence-electron chi connectivity index (χ4n) is 1.95. The average molecular weight is 317 g/mol. The summed E-state index contributed by atoms with van der Waals surface area (Å²) < 4.78 is 0. The van der Waals surface area contributed by atoms with Crippen molar-refractivity contribution in [3.8, 4) is 0 Å². The first-order valence-corrected chi connectivity index (χ1v) is 7.32. The van der Waals surface area contributed by atoms with Gasteiger partial charge in [0.15, 0.2) is 0 Å². The SMILES string of the molecule is C[C@@H](NC(=O)C(=O)NCc1ccc(Cl)cc1)c1ccccc1. The molecule has 0 saturated carbocycles. The monoisotopic (exact) mass is 316 g/mol. The molecule has 1 atom stereocenters. The van der Waals surface area contributed by atoms with Gasteiger partial charge in [-0.2, -0.15) is 0 Å². The van der Waals surface area contributed by atoms with Gasteiger partial charge in [-0.25, -0.2) is 0 Å². The molecule has 0 aliphatic heterocycles. The largest absolute Gasteiger partial charge is 0.344 e. The van der Waals surface area contributed by atoms with Crippen LogP contribution in [-0.2, 0) is 16.1 Å². The molecular weight excluding hydrogens is 300 g/mol. The van der Waals surface area contributed by atoms with Gasteiger partial charge in [-0.3, -0.25) is 9.59 Å². The highest BCUT2D eigenvalue weighted by Gasteiger charge is 2.16.